The van der Waals surface area contributed by atoms with Crippen LogP contribution in [0.25, 0.3) is 0 Å². The van der Waals surface area contributed by atoms with E-state index in [1.807, 2.05) is 19.9 Å². The van der Waals surface area contributed by atoms with Gasteiger partial charge in [0, 0.05) is 23.4 Å². The predicted molar refractivity (Wildman–Crippen MR) is 63.9 cm³/mol. The highest BCUT2D eigenvalue weighted by molar-refractivity contribution is 7.12. The van der Waals surface area contributed by atoms with Gasteiger partial charge >= 0.3 is 0 Å². The Balaban J connectivity index is 2.55. The van der Waals surface area contributed by atoms with Crippen molar-refractivity contribution in [2.45, 2.75) is 32.4 Å². The van der Waals surface area contributed by atoms with Crippen LogP contribution in [0.4, 0.5) is 0 Å². The highest BCUT2D eigenvalue weighted by Crippen LogP contribution is 2.22. The maximum atomic E-state index is 10.7. The summed E-state index contributed by atoms with van der Waals surface area (Å²) in [5.74, 6) is -0.309. The molecule has 1 aromatic heterocycles. The van der Waals surface area contributed by atoms with Crippen molar-refractivity contribution < 1.29 is 4.79 Å². The fourth-order valence-corrected chi connectivity index (χ4v) is 2.33. The second-order valence-corrected chi connectivity index (χ2v) is 4.89. The molecule has 5 heteroatoms. The molecule has 0 saturated heterocycles. The molecular formula is C11H15N3OS. The van der Waals surface area contributed by atoms with Crippen molar-refractivity contribution in [3.63, 3.8) is 0 Å². The van der Waals surface area contributed by atoms with Crippen molar-refractivity contribution in [3.8, 4) is 6.07 Å². The molecule has 0 saturated carbocycles. The number of thiophene rings is 1. The first-order valence-corrected chi connectivity index (χ1v) is 5.88. The first-order chi connectivity index (χ1) is 7.52. The molecule has 0 aliphatic rings. The van der Waals surface area contributed by atoms with Gasteiger partial charge in [0.2, 0.25) is 5.91 Å². The zero-order chi connectivity index (χ0) is 12.1. The molecule has 1 rings (SSSR count). The monoisotopic (exact) mass is 237 g/mol. The summed E-state index contributed by atoms with van der Waals surface area (Å²) in [7, 11) is 0. The zero-order valence-electron chi connectivity index (χ0n) is 9.36. The number of nitrogens with zero attached hydrogens (tertiary/aromatic N) is 1. The van der Waals surface area contributed by atoms with Crippen molar-refractivity contribution in [2.75, 3.05) is 0 Å². The van der Waals surface area contributed by atoms with E-state index in [0.29, 0.717) is 11.3 Å². The Kier molecular flexibility index (Phi) is 4.47. The van der Waals surface area contributed by atoms with Crippen LogP contribution in [0.5, 0.6) is 0 Å². The molecule has 1 heterocycles. The van der Waals surface area contributed by atoms with Gasteiger partial charge in [0.15, 0.2) is 0 Å². The third-order valence-corrected chi connectivity index (χ3v) is 3.38. The van der Waals surface area contributed by atoms with Gasteiger partial charge in [-0.3, -0.25) is 4.79 Å². The topological polar surface area (TPSA) is 78.9 Å². The van der Waals surface area contributed by atoms with Crippen LogP contribution in [0.3, 0.4) is 0 Å². The van der Waals surface area contributed by atoms with Gasteiger partial charge < -0.3 is 11.1 Å². The largest absolute Gasteiger partial charge is 0.370 e. The number of hydrogen-bond acceptors (Lipinski definition) is 4. The Hall–Kier alpha value is -1.38. The summed E-state index contributed by atoms with van der Waals surface area (Å²) >= 11 is 1.46. The molecule has 2 unspecified atom stereocenters. The number of carbonyl (C=O) groups is 1. The van der Waals surface area contributed by atoms with E-state index in [0.717, 1.165) is 4.88 Å². The Labute approximate surface area is 99.1 Å². The molecule has 0 bridgehead atoms. The third kappa shape index (κ3) is 3.65. The van der Waals surface area contributed by atoms with Gasteiger partial charge in [0.25, 0.3) is 0 Å². The Morgan fingerprint density at radius 1 is 1.62 bits per heavy atom. The lowest BCUT2D eigenvalue weighted by Crippen LogP contribution is -2.32. The zero-order valence-corrected chi connectivity index (χ0v) is 10.2. The Morgan fingerprint density at radius 3 is 2.81 bits per heavy atom. The summed E-state index contributed by atoms with van der Waals surface area (Å²) in [6.45, 7) is 3.92. The van der Waals surface area contributed by atoms with Crippen molar-refractivity contribution in [3.05, 3.63) is 21.9 Å². The number of rotatable bonds is 5. The summed E-state index contributed by atoms with van der Waals surface area (Å²) in [6.07, 6.45) is 0.320. The van der Waals surface area contributed by atoms with Crippen LogP contribution in [0.2, 0.25) is 0 Å². The van der Waals surface area contributed by atoms with Crippen LogP contribution in [0.15, 0.2) is 12.1 Å². The van der Waals surface area contributed by atoms with Gasteiger partial charge in [-0.05, 0) is 26.0 Å². The van der Waals surface area contributed by atoms with Crippen molar-refractivity contribution in [1.29, 1.82) is 5.26 Å². The number of nitrogens with one attached hydrogen (secondary N) is 1. The first kappa shape index (κ1) is 12.7. The maximum absolute atomic E-state index is 10.7. The van der Waals surface area contributed by atoms with E-state index in [2.05, 4.69) is 11.4 Å². The van der Waals surface area contributed by atoms with Crippen LogP contribution in [0.1, 0.15) is 36.1 Å². The highest BCUT2D eigenvalue weighted by Gasteiger charge is 2.13. The Morgan fingerprint density at radius 2 is 2.31 bits per heavy atom. The molecule has 1 amide bonds. The fourth-order valence-electron chi connectivity index (χ4n) is 1.52. The van der Waals surface area contributed by atoms with Crippen LogP contribution < -0.4 is 11.1 Å². The molecule has 0 aliphatic carbocycles. The second kappa shape index (κ2) is 5.64. The molecule has 0 spiro atoms. The minimum Gasteiger partial charge on any atom is -0.370 e. The van der Waals surface area contributed by atoms with E-state index in [-0.39, 0.29) is 18.0 Å². The quantitative estimate of drug-likeness (QED) is 0.815. The van der Waals surface area contributed by atoms with E-state index < -0.39 is 0 Å². The summed E-state index contributed by atoms with van der Waals surface area (Å²) < 4.78 is 0. The number of nitriles is 1. The number of amides is 1. The van der Waals surface area contributed by atoms with Crippen molar-refractivity contribution in [1.82, 2.24) is 5.32 Å². The smallest absolute Gasteiger partial charge is 0.218 e. The summed E-state index contributed by atoms with van der Waals surface area (Å²) in [4.78, 5) is 12.5. The molecule has 2 atom stereocenters. The lowest BCUT2D eigenvalue weighted by molar-refractivity contribution is -0.118. The van der Waals surface area contributed by atoms with Gasteiger partial charge in [0.1, 0.15) is 10.9 Å². The maximum Gasteiger partial charge on any atom is 0.218 e. The van der Waals surface area contributed by atoms with Crippen LogP contribution in [-0.2, 0) is 4.79 Å². The second-order valence-electron chi connectivity index (χ2n) is 3.77. The van der Waals surface area contributed by atoms with E-state index in [4.69, 9.17) is 11.0 Å². The van der Waals surface area contributed by atoms with Gasteiger partial charge in [-0.25, -0.2) is 0 Å². The van der Waals surface area contributed by atoms with Gasteiger partial charge in [-0.2, -0.15) is 5.26 Å². The normalized spacial score (nSPS) is 14.1. The Bertz CT molecular complexity index is 408. The number of hydrogen-bond donors (Lipinski definition) is 2. The predicted octanol–water partition coefficient (Wildman–Crippen LogP) is 1.53. The van der Waals surface area contributed by atoms with E-state index in [1.54, 1.807) is 6.07 Å². The molecule has 4 nitrogen and oxygen atoms in total. The molecule has 86 valence electrons. The molecule has 3 N–H and O–H groups in total. The molecular weight excluding hydrogens is 222 g/mol. The lowest BCUT2D eigenvalue weighted by atomic mass is 10.2. The molecule has 0 aliphatic heterocycles. The van der Waals surface area contributed by atoms with Crippen molar-refractivity contribution in [2.24, 2.45) is 5.73 Å². The van der Waals surface area contributed by atoms with Crippen LogP contribution >= 0.6 is 11.3 Å². The number of carbonyl (C=O) groups excluding carboxylic acids is 1. The SMILES string of the molecule is CC(CC(N)=O)NC(C)c1ccc(C#N)s1. The van der Waals surface area contributed by atoms with Crippen LogP contribution in [-0.4, -0.2) is 11.9 Å². The molecule has 16 heavy (non-hydrogen) atoms. The van der Waals surface area contributed by atoms with E-state index >= 15 is 0 Å². The van der Waals surface area contributed by atoms with E-state index in [9.17, 15) is 4.79 Å². The van der Waals surface area contributed by atoms with Gasteiger partial charge in [0.05, 0.1) is 0 Å². The standard InChI is InChI=1S/C11H15N3OS/c1-7(5-11(13)15)14-8(2)10-4-3-9(6-12)16-10/h3-4,7-8,14H,5H2,1-2H3,(H2,13,15). The molecule has 0 radical (unpaired) electrons. The van der Waals surface area contributed by atoms with Crippen LogP contribution in [0, 0.1) is 11.3 Å². The summed E-state index contributed by atoms with van der Waals surface area (Å²) in [5, 5.41) is 12.0. The molecule has 0 fully saturated rings. The van der Waals surface area contributed by atoms with E-state index in [1.165, 1.54) is 11.3 Å². The molecule has 1 aromatic rings. The minimum atomic E-state index is -0.309. The highest BCUT2D eigenvalue weighted by atomic mass is 32.1. The first-order valence-electron chi connectivity index (χ1n) is 5.07. The summed E-state index contributed by atoms with van der Waals surface area (Å²) in [6, 6.07) is 6.00. The lowest BCUT2D eigenvalue weighted by Gasteiger charge is -2.17. The third-order valence-electron chi connectivity index (χ3n) is 2.21. The average molecular weight is 237 g/mol. The van der Waals surface area contributed by atoms with Crippen molar-refractivity contribution >= 4 is 17.2 Å². The number of nitrogens with two attached hydrogens (primary N) is 1. The average Bonchev–Trinajstić information content (AvgIpc) is 2.64. The fraction of sp³-hybridized carbons (Fsp3) is 0.455. The minimum absolute atomic E-state index is 0.0418. The van der Waals surface area contributed by atoms with Gasteiger partial charge in [-0.15, -0.1) is 11.3 Å². The summed E-state index contributed by atoms with van der Waals surface area (Å²) in [5.41, 5.74) is 5.11. The number of primary amides is 1. The van der Waals surface area contributed by atoms with Gasteiger partial charge in [-0.1, -0.05) is 0 Å². The molecule has 0 aromatic carbocycles.